The van der Waals surface area contributed by atoms with Crippen LogP contribution < -0.4 is 11.5 Å². The number of rotatable bonds is 5. The quantitative estimate of drug-likeness (QED) is 0.555. The van der Waals surface area contributed by atoms with Gasteiger partial charge in [-0.15, -0.1) is 12.4 Å². The van der Waals surface area contributed by atoms with Gasteiger partial charge in [-0.2, -0.15) is 0 Å². The Morgan fingerprint density at radius 2 is 1.90 bits per heavy atom. The summed E-state index contributed by atoms with van der Waals surface area (Å²) < 4.78 is 1.03. The molecule has 0 saturated carbocycles. The van der Waals surface area contributed by atoms with Gasteiger partial charge in [0.25, 0.3) is 0 Å². The second-order valence-corrected chi connectivity index (χ2v) is 5.11. The Labute approximate surface area is 134 Å². The first-order valence-corrected chi connectivity index (χ1v) is 6.99. The molecule has 0 bridgehead atoms. The Kier molecular flexibility index (Phi) is 9.00. The minimum atomic E-state index is -0.0643. The SMILES string of the molecule is CCCCN(C(=N)N)C(N)=NCc1ccc(Br)cc1.Cl. The summed E-state index contributed by atoms with van der Waals surface area (Å²) in [6.45, 7) is 3.18. The molecule has 0 heterocycles. The standard InChI is InChI=1S/C13H20BrN5.ClH/c1-2-3-8-19(12(15)16)13(17)18-9-10-4-6-11(14)7-5-10;/h4-7H,2-3,8-9H2,1H3,(H3,15,16)(H2,17,18);1H. The number of guanidine groups is 2. The second kappa shape index (κ2) is 9.61. The molecule has 0 radical (unpaired) electrons. The highest BCUT2D eigenvalue weighted by Crippen LogP contribution is 2.11. The van der Waals surface area contributed by atoms with E-state index in [-0.39, 0.29) is 18.4 Å². The molecular formula is C13H21BrClN5. The Morgan fingerprint density at radius 1 is 1.30 bits per heavy atom. The summed E-state index contributed by atoms with van der Waals surface area (Å²) in [5, 5.41) is 7.51. The average Bonchev–Trinajstić information content (AvgIpc) is 2.38. The summed E-state index contributed by atoms with van der Waals surface area (Å²) in [7, 11) is 0. The van der Waals surface area contributed by atoms with Crippen molar-refractivity contribution in [3.8, 4) is 0 Å². The number of hydrogen-bond donors (Lipinski definition) is 3. The van der Waals surface area contributed by atoms with E-state index >= 15 is 0 Å². The predicted octanol–water partition coefficient (Wildman–Crippen LogP) is 2.68. The van der Waals surface area contributed by atoms with Crippen LogP contribution in [0.1, 0.15) is 25.3 Å². The van der Waals surface area contributed by atoms with Gasteiger partial charge in [-0.05, 0) is 24.1 Å². The van der Waals surface area contributed by atoms with Crippen LogP contribution in [0.15, 0.2) is 33.7 Å². The monoisotopic (exact) mass is 361 g/mol. The van der Waals surface area contributed by atoms with Crippen molar-refractivity contribution in [2.45, 2.75) is 26.3 Å². The van der Waals surface area contributed by atoms with Crippen molar-refractivity contribution >= 4 is 40.3 Å². The number of hydrogen-bond acceptors (Lipinski definition) is 2. The van der Waals surface area contributed by atoms with Crippen LogP contribution in [0, 0.1) is 5.41 Å². The maximum absolute atomic E-state index is 7.51. The van der Waals surface area contributed by atoms with Gasteiger partial charge in [0, 0.05) is 11.0 Å². The summed E-state index contributed by atoms with van der Waals surface area (Å²) >= 11 is 3.38. The van der Waals surface area contributed by atoms with Gasteiger partial charge in [0.2, 0.25) is 0 Å². The fourth-order valence-electron chi connectivity index (χ4n) is 1.52. The molecule has 0 aromatic heterocycles. The van der Waals surface area contributed by atoms with E-state index in [1.54, 1.807) is 0 Å². The molecule has 0 fully saturated rings. The van der Waals surface area contributed by atoms with Crippen LogP contribution in [-0.2, 0) is 6.54 Å². The van der Waals surface area contributed by atoms with Gasteiger partial charge in [0.1, 0.15) is 0 Å². The number of nitrogens with zero attached hydrogens (tertiary/aromatic N) is 2. The smallest absolute Gasteiger partial charge is 0.198 e. The van der Waals surface area contributed by atoms with Crippen LogP contribution in [0.3, 0.4) is 0 Å². The molecular weight excluding hydrogens is 342 g/mol. The molecule has 5 nitrogen and oxygen atoms in total. The summed E-state index contributed by atoms with van der Waals surface area (Å²) in [5.74, 6) is 0.231. The van der Waals surface area contributed by atoms with Crippen molar-refractivity contribution in [3.05, 3.63) is 34.3 Å². The molecule has 0 aliphatic heterocycles. The highest BCUT2D eigenvalue weighted by molar-refractivity contribution is 9.10. The van der Waals surface area contributed by atoms with Crippen molar-refractivity contribution in [2.75, 3.05) is 6.54 Å². The average molecular weight is 363 g/mol. The zero-order valence-electron chi connectivity index (χ0n) is 11.5. The third kappa shape index (κ3) is 6.25. The number of benzene rings is 1. The Bertz CT molecular complexity index is 447. The normalized spacial score (nSPS) is 10.8. The molecule has 0 saturated heterocycles. The van der Waals surface area contributed by atoms with E-state index < -0.39 is 0 Å². The molecule has 0 unspecified atom stereocenters. The van der Waals surface area contributed by atoms with E-state index in [0.29, 0.717) is 19.0 Å². The molecule has 0 spiro atoms. The van der Waals surface area contributed by atoms with Gasteiger partial charge in [0.05, 0.1) is 6.54 Å². The lowest BCUT2D eigenvalue weighted by Gasteiger charge is -2.21. The molecule has 20 heavy (non-hydrogen) atoms. The molecule has 1 rings (SSSR count). The largest absolute Gasteiger partial charge is 0.370 e. The lowest BCUT2D eigenvalue weighted by atomic mass is 10.2. The molecule has 1 aromatic carbocycles. The minimum absolute atomic E-state index is 0. The van der Waals surface area contributed by atoms with E-state index in [4.69, 9.17) is 16.9 Å². The summed E-state index contributed by atoms with van der Waals surface area (Å²) in [6.07, 6.45) is 1.94. The summed E-state index contributed by atoms with van der Waals surface area (Å²) in [5.41, 5.74) is 12.5. The van der Waals surface area contributed by atoms with Gasteiger partial charge in [-0.25, -0.2) is 4.99 Å². The minimum Gasteiger partial charge on any atom is -0.370 e. The van der Waals surface area contributed by atoms with Gasteiger partial charge in [0.15, 0.2) is 11.9 Å². The zero-order valence-corrected chi connectivity index (χ0v) is 13.9. The number of halogens is 2. The number of unbranched alkanes of at least 4 members (excludes halogenated alkanes) is 1. The summed E-state index contributed by atoms with van der Waals surface area (Å²) in [6, 6.07) is 7.87. The third-order valence-electron chi connectivity index (χ3n) is 2.64. The fraction of sp³-hybridized carbons (Fsp3) is 0.385. The maximum atomic E-state index is 7.51. The Hall–Kier alpha value is -1.27. The lowest BCUT2D eigenvalue weighted by Crippen LogP contribution is -2.46. The van der Waals surface area contributed by atoms with Crippen LogP contribution in [0.2, 0.25) is 0 Å². The number of aliphatic imine (C=N–C) groups is 1. The highest BCUT2D eigenvalue weighted by Gasteiger charge is 2.09. The van der Waals surface area contributed by atoms with Crippen molar-refractivity contribution in [2.24, 2.45) is 16.5 Å². The van der Waals surface area contributed by atoms with E-state index in [2.05, 4.69) is 27.8 Å². The first-order chi connectivity index (χ1) is 9.04. The van der Waals surface area contributed by atoms with Crippen LogP contribution in [-0.4, -0.2) is 23.4 Å². The van der Waals surface area contributed by atoms with Crippen molar-refractivity contribution in [3.63, 3.8) is 0 Å². The van der Waals surface area contributed by atoms with Crippen LogP contribution in [0.5, 0.6) is 0 Å². The molecule has 0 aliphatic carbocycles. The molecule has 0 aliphatic rings. The van der Waals surface area contributed by atoms with E-state index in [1.165, 1.54) is 4.90 Å². The molecule has 1 aromatic rings. The van der Waals surface area contributed by atoms with Crippen molar-refractivity contribution < 1.29 is 0 Å². The van der Waals surface area contributed by atoms with E-state index in [0.717, 1.165) is 22.9 Å². The second-order valence-electron chi connectivity index (χ2n) is 4.19. The van der Waals surface area contributed by atoms with Gasteiger partial charge < -0.3 is 11.5 Å². The third-order valence-corrected chi connectivity index (χ3v) is 3.17. The van der Waals surface area contributed by atoms with E-state index in [1.807, 2.05) is 24.3 Å². The van der Waals surface area contributed by atoms with Gasteiger partial charge >= 0.3 is 0 Å². The summed E-state index contributed by atoms with van der Waals surface area (Å²) in [4.78, 5) is 5.81. The molecule has 112 valence electrons. The van der Waals surface area contributed by atoms with Gasteiger partial charge in [-0.1, -0.05) is 41.4 Å². The lowest BCUT2D eigenvalue weighted by molar-refractivity contribution is 0.552. The maximum Gasteiger partial charge on any atom is 0.198 e. The number of nitrogens with two attached hydrogens (primary N) is 2. The zero-order chi connectivity index (χ0) is 14.3. The molecule has 5 N–H and O–H groups in total. The fourth-order valence-corrected chi connectivity index (χ4v) is 1.79. The number of nitrogens with one attached hydrogen (secondary N) is 1. The van der Waals surface area contributed by atoms with Crippen LogP contribution >= 0.6 is 28.3 Å². The predicted molar refractivity (Wildman–Crippen MR) is 90.2 cm³/mol. The van der Waals surface area contributed by atoms with Gasteiger partial charge in [-0.3, -0.25) is 10.3 Å². The Morgan fingerprint density at radius 3 is 2.40 bits per heavy atom. The van der Waals surface area contributed by atoms with Crippen LogP contribution in [0.4, 0.5) is 0 Å². The van der Waals surface area contributed by atoms with Crippen molar-refractivity contribution in [1.29, 1.82) is 5.41 Å². The molecule has 0 atom stereocenters. The first kappa shape index (κ1) is 18.7. The van der Waals surface area contributed by atoms with E-state index in [9.17, 15) is 0 Å². The first-order valence-electron chi connectivity index (χ1n) is 6.20. The Balaban J connectivity index is 0.00000361. The topological polar surface area (TPSA) is 91.5 Å². The molecule has 7 heteroatoms. The highest BCUT2D eigenvalue weighted by atomic mass is 79.9. The van der Waals surface area contributed by atoms with Crippen LogP contribution in [0.25, 0.3) is 0 Å². The molecule has 0 amide bonds. The van der Waals surface area contributed by atoms with Crippen molar-refractivity contribution in [1.82, 2.24) is 4.90 Å².